The smallest absolute Gasteiger partial charge is 0.273 e. The Bertz CT molecular complexity index is 982. The standard InChI is InChI=1S/C15H15N5O3/c1-19-8-6-12(17-19)16-13(21)7-9-20-15(23)11-5-3-2-4-10(11)14(22)18-20/h2-6,8H,7,9H2,1H3,(H,18,22)(H,16,17,21). The fourth-order valence-electron chi connectivity index (χ4n) is 2.30. The lowest BCUT2D eigenvalue weighted by Crippen LogP contribution is -2.31. The van der Waals surface area contributed by atoms with Crippen LogP contribution in [0.15, 0.2) is 46.1 Å². The average Bonchev–Trinajstić information content (AvgIpc) is 2.94. The van der Waals surface area contributed by atoms with E-state index in [-0.39, 0.29) is 30.0 Å². The van der Waals surface area contributed by atoms with Crippen molar-refractivity contribution in [1.82, 2.24) is 19.6 Å². The minimum Gasteiger partial charge on any atom is -0.309 e. The number of anilines is 1. The van der Waals surface area contributed by atoms with Crippen molar-refractivity contribution in [2.75, 3.05) is 5.32 Å². The van der Waals surface area contributed by atoms with Crippen molar-refractivity contribution in [3.63, 3.8) is 0 Å². The fourth-order valence-corrected chi connectivity index (χ4v) is 2.30. The second kappa shape index (κ2) is 5.91. The Morgan fingerprint density at radius 3 is 2.65 bits per heavy atom. The molecule has 0 saturated carbocycles. The van der Waals surface area contributed by atoms with Gasteiger partial charge in [-0.05, 0) is 12.1 Å². The fraction of sp³-hybridized carbons (Fsp3) is 0.200. The Morgan fingerprint density at radius 1 is 1.22 bits per heavy atom. The van der Waals surface area contributed by atoms with Crippen LogP contribution in [-0.2, 0) is 18.4 Å². The number of carbonyl (C=O) groups excluding carboxylic acids is 1. The maximum absolute atomic E-state index is 12.3. The molecule has 8 nitrogen and oxygen atoms in total. The van der Waals surface area contributed by atoms with E-state index in [0.717, 1.165) is 4.68 Å². The summed E-state index contributed by atoms with van der Waals surface area (Å²) in [7, 11) is 1.75. The Hall–Kier alpha value is -3.16. The lowest BCUT2D eigenvalue weighted by atomic mass is 10.2. The van der Waals surface area contributed by atoms with Crippen molar-refractivity contribution in [2.45, 2.75) is 13.0 Å². The van der Waals surface area contributed by atoms with Crippen LogP contribution in [0.2, 0.25) is 0 Å². The van der Waals surface area contributed by atoms with Gasteiger partial charge in [-0.15, -0.1) is 0 Å². The van der Waals surface area contributed by atoms with Crippen LogP contribution in [0.5, 0.6) is 0 Å². The number of aromatic nitrogens is 4. The van der Waals surface area contributed by atoms with E-state index >= 15 is 0 Å². The van der Waals surface area contributed by atoms with Gasteiger partial charge in [-0.25, -0.2) is 4.68 Å². The first-order chi connectivity index (χ1) is 11.0. The SMILES string of the molecule is Cn1ccc(NC(=O)CCn2[nH]c(=O)c3ccccc3c2=O)n1. The number of aryl methyl sites for hydroxylation is 2. The summed E-state index contributed by atoms with van der Waals surface area (Å²) in [6, 6.07) is 8.25. The number of hydrogen-bond donors (Lipinski definition) is 2. The first-order valence-corrected chi connectivity index (χ1v) is 7.06. The summed E-state index contributed by atoms with van der Waals surface area (Å²) in [5, 5.41) is 9.83. The third kappa shape index (κ3) is 3.05. The van der Waals surface area contributed by atoms with Gasteiger partial charge in [-0.2, -0.15) is 5.10 Å². The Balaban J connectivity index is 1.77. The highest BCUT2D eigenvalue weighted by molar-refractivity contribution is 5.89. The summed E-state index contributed by atoms with van der Waals surface area (Å²) >= 11 is 0. The molecule has 0 radical (unpaired) electrons. The molecular weight excluding hydrogens is 298 g/mol. The molecule has 0 fully saturated rings. The molecule has 2 heterocycles. The van der Waals surface area contributed by atoms with Crippen LogP contribution >= 0.6 is 0 Å². The van der Waals surface area contributed by atoms with Gasteiger partial charge in [0.05, 0.1) is 17.3 Å². The number of hydrogen-bond acceptors (Lipinski definition) is 4. The minimum absolute atomic E-state index is 0.0464. The summed E-state index contributed by atoms with van der Waals surface area (Å²) in [4.78, 5) is 36.1. The topological polar surface area (TPSA) is 102 Å². The number of amides is 1. The van der Waals surface area contributed by atoms with E-state index in [1.165, 1.54) is 0 Å². The predicted octanol–water partition coefficient (Wildman–Crippen LogP) is 0.452. The number of carbonyl (C=O) groups is 1. The minimum atomic E-state index is -0.356. The van der Waals surface area contributed by atoms with E-state index in [0.29, 0.717) is 16.6 Å². The van der Waals surface area contributed by atoms with Gasteiger partial charge < -0.3 is 5.32 Å². The lowest BCUT2D eigenvalue weighted by molar-refractivity contribution is -0.116. The number of nitrogens with one attached hydrogen (secondary N) is 2. The number of benzene rings is 1. The Labute approximate surface area is 130 Å². The summed E-state index contributed by atoms with van der Waals surface area (Å²) in [5.41, 5.74) is -0.684. The largest absolute Gasteiger partial charge is 0.309 e. The van der Waals surface area contributed by atoms with Gasteiger partial charge in [-0.3, -0.25) is 24.2 Å². The van der Waals surface area contributed by atoms with Gasteiger partial charge in [0.25, 0.3) is 11.1 Å². The second-order valence-corrected chi connectivity index (χ2v) is 5.12. The molecule has 0 aliphatic carbocycles. The van der Waals surface area contributed by atoms with E-state index in [9.17, 15) is 14.4 Å². The number of fused-ring (bicyclic) bond motifs is 1. The molecular formula is C15H15N5O3. The average molecular weight is 313 g/mol. The van der Waals surface area contributed by atoms with E-state index in [4.69, 9.17) is 0 Å². The summed E-state index contributed by atoms with van der Waals surface area (Å²) in [5.74, 6) is 0.154. The van der Waals surface area contributed by atoms with E-state index < -0.39 is 0 Å². The zero-order valence-corrected chi connectivity index (χ0v) is 12.4. The van der Waals surface area contributed by atoms with Crippen LogP contribution in [0.1, 0.15) is 6.42 Å². The summed E-state index contributed by atoms with van der Waals surface area (Å²) < 4.78 is 2.73. The van der Waals surface area contributed by atoms with Crippen LogP contribution in [0.3, 0.4) is 0 Å². The molecule has 3 rings (SSSR count). The predicted molar refractivity (Wildman–Crippen MR) is 85.3 cm³/mol. The third-order valence-corrected chi connectivity index (χ3v) is 3.43. The van der Waals surface area contributed by atoms with Gasteiger partial charge in [0, 0.05) is 25.7 Å². The molecule has 23 heavy (non-hydrogen) atoms. The normalized spacial score (nSPS) is 10.8. The maximum Gasteiger partial charge on any atom is 0.273 e. The molecule has 0 unspecified atom stereocenters. The molecule has 0 aliphatic heterocycles. The number of H-pyrrole nitrogens is 1. The molecule has 1 amide bonds. The molecule has 118 valence electrons. The summed E-state index contributed by atoms with van der Waals surface area (Å²) in [6.07, 6.45) is 1.76. The molecule has 2 aromatic heterocycles. The van der Waals surface area contributed by atoms with Gasteiger partial charge in [-0.1, -0.05) is 12.1 Å². The Morgan fingerprint density at radius 2 is 1.96 bits per heavy atom. The number of nitrogens with zero attached hydrogens (tertiary/aromatic N) is 3. The first-order valence-electron chi connectivity index (χ1n) is 7.06. The van der Waals surface area contributed by atoms with Crippen LogP contribution in [-0.4, -0.2) is 25.5 Å². The number of rotatable bonds is 4. The number of aromatic amines is 1. The molecule has 0 bridgehead atoms. The second-order valence-electron chi connectivity index (χ2n) is 5.12. The van der Waals surface area contributed by atoms with E-state index in [1.807, 2.05) is 0 Å². The van der Waals surface area contributed by atoms with Gasteiger partial charge in [0.1, 0.15) is 0 Å². The maximum atomic E-state index is 12.3. The molecule has 0 aliphatic rings. The monoisotopic (exact) mass is 313 g/mol. The highest BCUT2D eigenvalue weighted by Crippen LogP contribution is 2.04. The highest BCUT2D eigenvalue weighted by atomic mass is 16.2. The van der Waals surface area contributed by atoms with Crippen molar-refractivity contribution in [3.8, 4) is 0 Å². The third-order valence-electron chi connectivity index (χ3n) is 3.43. The van der Waals surface area contributed by atoms with Crippen molar-refractivity contribution >= 4 is 22.5 Å². The Kier molecular flexibility index (Phi) is 3.80. The van der Waals surface area contributed by atoms with Crippen LogP contribution in [0.25, 0.3) is 10.8 Å². The van der Waals surface area contributed by atoms with Gasteiger partial charge in [0.2, 0.25) is 5.91 Å². The molecule has 0 saturated heterocycles. The zero-order valence-electron chi connectivity index (χ0n) is 12.4. The van der Waals surface area contributed by atoms with Gasteiger partial charge in [0.15, 0.2) is 5.82 Å². The quantitative estimate of drug-likeness (QED) is 0.730. The van der Waals surface area contributed by atoms with Crippen molar-refractivity contribution < 1.29 is 4.79 Å². The van der Waals surface area contributed by atoms with Crippen LogP contribution in [0, 0.1) is 0 Å². The first kappa shape index (κ1) is 14.8. The highest BCUT2D eigenvalue weighted by Gasteiger charge is 2.09. The lowest BCUT2D eigenvalue weighted by Gasteiger charge is -2.07. The van der Waals surface area contributed by atoms with Crippen molar-refractivity contribution in [2.24, 2.45) is 7.05 Å². The summed E-state index contributed by atoms with van der Waals surface area (Å²) in [6.45, 7) is 0.0809. The van der Waals surface area contributed by atoms with Crippen LogP contribution in [0.4, 0.5) is 5.82 Å². The zero-order chi connectivity index (χ0) is 16.4. The molecule has 0 spiro atoms. The molecule has 8 heteroatoms. The van der Waals surface area contributed by atoms with Gasteiger partial charge >= 0.3 is 0 Å². The van der Waals surface area contributed by atoms with E-state index in [1.54, 1.807) is 48.3 Å². The molecule has 2 N–H and O–H groups in total. The molecule has 3 aromatic rings. The van der Waals surface area contributed by atoms with E-state index in [2.05, 4.69) is 15.5 Å². The van der Waals surface area contributed by atoms with Crippen molar-refractivity contribution in [1.29, 1.82) is 0 Å². The molecule has 1 aromatic carbocycles. The van der Waals surface area contributed by atoms with Crippen LogP contribution < -0.4 is 16.4 Å². The van der Waals surface area contributed by atoms with Crippen molar-refractivity contribution in [3.05, 3.63) is 57.2 Å². The molecule has 0 atom stereocenters.